The van der Waals surface area contributed by atoms with Crippen LogP contribution in [0, 0.1) is 11.8 Å². The van der Waals surface area contributed by atoms with Crippen LogP contribution < -0.4 is 0 Å². The Morgan fingerprint density at radius 3 is 2.67 bits per heavy atom. The molecule has 0 radical (unpaired) electrons. The van der Waals surface area contributed by atoms with Crippen LogP contribution in [0.1, 0.15) is 44.6 Å². The zero-order chi connectivity index (χ0) is 12.1. The van der Waals surface area contributed by atoms with Gasteiger partial charge in [-0.05, 0) is 12.3 Å². The van der Waals surface area contributed by atoms with Gasteiger partial charge in [-0.15, -0.1) is 0 Å². The van der Waals surface area contributed by atoms with Gasteiger partial charge in [-0.3, -0.25) is 4.79 Å². The van der Waals surface area contributed by atoms with Gasteiger partial charge in [-0.2, -0.15) is 0 Å². The Bertz CT molecular complexity index is 201. The van der Waals surface area contributed by atoms with Crippen molar-refractivity contribution in [3.8, 4) is 0 Å². The van der Waals surface area contributed by atoms with E-state index in [1.54, 1.807) is 6.92 Å². The molecule has 0 N–H and O–H groups in total. The summed E-state index contributed by atoms with van der Waals surface area (Å²) in [6.45, 7) is 3.91. The van der Waals surface area contributed by atoms with Crippen LogP contribution in [-0.4, -0.2) is 12.6 Å². The maximum atomic E-state index is 11.4. The van der Waals surface area contributed by atoms with Gasteiger partial charge in [0.25, 0.3) is 0 Å². The Kier molecular flexibility index (Phi) is 3.49. The van der Waals surface area contributed by atoms with Gasteiger partial charge >= 0.3 is 5.97 Å². The first-order valence-electron chi connectivity index (χ1n) is 5.93. The Labute approximate surface area is 79.5 Å². The summed E-state index contributed by atoms with van der Waals surface area (Å²) >= 11 is 0. The minimum Gasteiger partial charge on any atom is -0.465 e. The van der Waals surface area contributed by atoms with E-state index < -0.39 is 18.7 Å². The maximum Gasteiger partial charge on any atom is 0.308 e. The summed E-state index contributed by atoms with van der Waals surface area (Å²) in [7, 11) is 0. The van der Waals surface area contributed by atoms with Gasteiger partial charge in [0.1, 0.15) is 0 Å². The van der Waals surface area contributed by atoms with Crippen molar-refractivity contribution < 1.29 is 13.6 Å². The summed E-state index contributed by atoms with van der Waals surface area (Å²) in [5.74, 6) is -0.637. The fourth-order valence-electron chi connectivity index (χ4n) is 0.568. The lowest BCUT2D eigenvalue weighted by Crippen LogP contribution is -2.17. The lowest BCUT2D eigenvalue weighted by Gasteiger charge is -2.12. The van der Waals surface area contributed by atoms with Crippen molar-refractivity contribution in [2.45, 2.75) is 40.5 Å². The zero-order valence-corrected chi connectivity index (χ0v) is 8.09. The van der Waals surface area contributed by atoms with Crippen molar-refractivity contribution in [2.75, 3.05) is 6.61 Å². The van der Waals surface area contributed by atoms with Crippen LogP contribution >= 0.6 is 0 Å². The van der Waals surface area contributed by atoms with Gasteiger partial charge in [-0.1, -0.05) is 34.0 Å². The lowest BCUT2D eigenvalue weighted by atomic mass is 10.1. The SMILES string of the molecule is [2H]C([2H])([2H])CC(C)C(=O)OCC(C)CC. The predicted molar refractivity (Wildman–Crippen MR) is 49.9 cm³/mol. The van der Waals surface area contributed by atoms with Crippen molar-refractivity contribution >= 4 is 5.97 Å². The second-order valence-electron chi connectivity index (χ2n) is 3.25. The summed E-state index contributed by atoms with van der Waals surface area (Å²) in [5, 5.41) is 0. The van der Waals surface area contributed by atoms with E-state index in [1.165, 1.54) is 0 Å². The molecule has 72 valence electrons. The van der Waals surface area contributed by atoms with Gasteiger partial charge in [0, 0.05) is 4.11 Å². The lowest BCUT2D eigenvalue weighted by molar-refractivity contribution is -0.149. The Morgan fingerprint density at radius 1 is 1.50 bits per heavy atom. The molecule has 0 aromatic heterocycles. The number of hydrogen-bond donors (Lipinski definition) is 0. The Balaban J connectivity index is 3.90. The predicted octanol–water partition coefficient (Wildman–Crippen LogP) is 2.62. The smallest absolute Gasteiger partial charge is 0.308 e. The molecule has 0 fully saturated rings. The van der Waals surface area contributed by atoms with Crippen molar-refractivity contribution in [1.82, 2.24) is 0 Å². The van der Waals surface area contributed by atoms with E-state index >= 15 is 0 Å². The first kappa shape index (κ1) is 6.93. The van der Waals surface area contributed by atoms with Crippen molar-refractivity contribution in [3.63, 3.8) is 0 Å². The van der Waals surface area contributed by atoms with Gasteiger partial charge in [0.15, 0.2) is 0 Å². The largest absolute Gasteiger partial charge is 0.465 e. The summed E-state index contributed by atoms with van der Waals surface area (Å²) in [5.41, 5.74) is 0. The maximum absolute atomic E-state index is 11.4. The third kappa shape index (κ3) is 4.37. The molecule has 2 nitrogen and oxygen atoms in total. The Hall–Kier alpha value is -0.530. The Morgan fingerprint density at radius 2 is 2.17 bits per heavy atom. The fraction of sp³-hybridized carbons (Fsp3) is 0.900. The molecule has 2 heteroatoms. The normalized spacial score (nSPS) is 20.1. The van der Waals surface area contributed by atoms with Crippen LogP contribution in [-0.2, 0) is 9.53 Å². The van der Waals surface area contributed by atoms with Crippen molar-refractivity contribution in [1.29, 1.82) is 0 Å². The molecule has 0 aromatic rings. The van der Waals surface area contributed by atoms with Crippen LogP contribution in [0.5, 0.6) is 0 Å². The highest BCUT2D eigenvalue weighted by Gasteiger charge is 2.12. The monoisotopic (exact) mass is 175 g/mol. The van der Waals surface area contributed by atoms with Gasteiger partial charge in [0.05, 0.1) is 12.5 Å². The van der Waals surface area contributed by atoms with Crippen LogP contribution in [0.25, 0.3) is 0 Å². The number of carbonyl (C=O) groups is 1. The standard InChI is InChI=1S/C10H20O2/c1-5-8(3)7-12-10(11)9(4)6-2/h8-9H,5-7H2,1-4H3/i2D3. The van der Waals surface area contributed by atoms with Crippen molar-refractivity contribution in [2.24, 2.45) is 11.8 Å². The van der Waals surface area contributed by atoms with E-state index in [2.05, 4.69) is 0 Å². The molecule has 0 aliphatic heterocycles. The van der Waals surface area contributed by atoms with Gasteiger partial charge in [0.2, 0.25) is 0 Å². The minimum absolute atomic E-state index is 0.119. The number of carbonyl (C=O) groups excluding carboxylic acids is 1. The van der Waals surface area contributed by atoms with Crippen LogP contribution in [0.2, 0.25) is 0 Å². The summed E-state index contributed by atoms with van der Waals surface area (Å²) in [4.78, 5) is 11.4. The molecule has 2 atom stereocenters. The molecule has 12 heavy (non-hydrogen) atoms. The average molecular weight is 175 g/mol. The number of hydrogen-bond acceptors (Lipinski definition) is 2. The highest BCUT2D eigenvalue weighted by atomic mass is 16.5. The number of rotatable bonds is 5. The number of ether oxygens (including phenoxy) is 1. The molecule has 2 unspecified atom stereocenters. The third-order valence-electron chi connectivity index (χ3n) is 1.92. The van der Waals surface area contributed by atoms with E-state index in [9.17, 15) is 4.79 Å². The van der Waals surface area contributed by atoms with Crippen molar-refractivity contribution in [3.05, 3.63) is 0 Å². The molecule has 0 heterocycles. The molecule has 0 rings (SSSR count). The molecule has 0 spiro atoms. The first-order valence-corrected chi connectivity index (χ1v) is 4.43. The van der Waals surface area contributed by atoms with Crippen LogP contribution in [0.3, 0.4) is 0 Å². The molecule has 0 amide bonds. The second-order valence-corrected chi connectivity index (χ2v) is 3.25. The summed E-state index contributed by atoms with van der Waals surface area (Å²) in [6, 6.07) is 0. The number of esters is 1. The molecule has 0 saturated heterocycles. The minimum atomic E-state index is -2.06. The first-order chi connectivity index (χ1) is 6.76. The highest BCUT2D eigenvalue weighted by molar-refractivity contribution is 5.71. The second kappa shape index (κ2) is 6.04. The molecule has 0 aliphatic carbocycles. The fourth-order valence-corrected chi connectivity index (χ4v) is 0.568. The zero-order valence-electron chi connectivity index (χ0n) is 11.1. The van der Waals surface area contributed by atoms with E-state index in [4.69, 9.17) is 8.85 Å². The molecule has 0 saturated carbocycles. The van der Waals surface area contributed by atoms with E-state index in [1.807, 2.05) is 13.8 Å². The molecule has 0 aromatic carbocycles. The van der Waals surface area contributed by atoms with E-state index in [0.29, 0.717) is 12.5 Å². The van der Waals surface area contributed by atoms with E-state index in [0.717, 1.165) is 6.42 Å². The highest BCUT2D eigenvalue weighted by Crippen LogP contribution is 2.06. The topological polar surface area (TPSA) is 26.3 Å². The molecular weight excluding hydrogens is 152 g/mol. The molecule has 0 bridgehead atoms. The van der Waals surface area contributed by atoms with E-state index in [-0.39, 0.29) is 6.42 Å². The third-order valence-corrected chi connectivity index (χ3v) is 1.92. The molecular formula is C10H20O2. The summed E-state index contributed by atoms with van der Waals surface area (Å²) in [6.07, 6.45) is 0.827. The van der Waals surface area contributed by atoms with Gasteiger partial charge < -0.3 is 4.74 Å². The van der Waals surface area contributed by atoms with Crippen LogP contribution in [0.4, 0.5) is 0 Å². The average Bonchev–Trinajstić information content (AvgIpc) is 2.10. The molecule has 0 aliphatic rings. The summed E-state index contributed by atoms with van der Waals surface area (Å²) < 4.78 is 26.1. The van der Waals surface area contributed by atoms with Gasteiger partial charge in [-0.25, -0.2) is 0 Å². The van der Waals surface area contributed by atoms with Crippen LogP contribution in [0.15, 0.2) is 0 Å². The quantitative estimate of drug-likeness (QED) is 0.600.